The SMILES string of the molecule is CS(=O)c1ccc(C2Nc3cc4c(cc3N2)C(C)(C)CN4)cc1. The molecule has 2 atom stereocenters. The summed E-state index contributed by atoms with van der Waals surface area (Å²) in [6, 6.07) is 12.4. The Labute approximate surface area is 139 Å². The van der Waals surface area contributed by atoms with Gasteiger partial charge in [0.2, 0.25) is 0 Å². The highest BCUT2D eigenvalue weighted by Gasteiger charge is 2.32. The van der Waals surface area contributed by atoms with Crippen molar-refractivity contribution in [2.75, 3.05) is 28.8 Å². The summed E-state index contributed by atoms with van der Waals surface area (Å²) in [4.78, 5) is 0.856. The molecular formula is C18H21N3OS. The highest BCUT2D eigenvalue weighted by Crippen LogP contribution is 2.45. The van der Waals surface area contributed by atoms with Crippen molar-refractivity contribution in [2.24, 2.45) is 0 Å². The minimum atomic E-state index is -0.936. The summed E-state index contributed by atoms with van der Waals surface area (Å²) in [5.41, 5.74) is 6.17. The van der Waals surface area contributed by atoms with Gasteiger partial charge in [-0.1, -0.05) is 26.0 Å². The largest absolute Gasteiger partial charge is 0.384 e. The van der Waals surface area contributed by atoms with Crippen molar-refractivity contribution in [1.29, 1.82) is 0 Å². The summed E-state index contributed by atoms with van der Waals surface area (Å²) in [6.07, 6.45) is 1.75. The molecule has 5 heteroatoms. The molecule has 0 aromatic heterocycles. The van der Waals surface area contributed by atoms with Crippen LogP contribution in [0.2, 0.25) is 0 Å². The van der Waals surface area contributed by atoms with Crippen LogP contribution in [0.15, 0.2) is 41.3 Å². The van der Waals surface area contributed by atoms with E-state index in [0.29, 0.717) is 0 Å². The first kappa shape index (κ1) is 14.6. The molecule has 4 nitrogen and oxygen atoms in total. The molecule has 0 saturated heterocycles. The first-order chi connectivity index (χ1) is 10.9. The quantitative estimate of drug-likeness (QED) is 0.788. The van der Waals surface area contributed by atoms with Gasteiger partial charge in [-0.05, 0) is 35.4 Å². The molecule has 120 valence electrons. The van der Waals surface area contributed by atoms with E-state index in [1.54, 1.807) is 6.26 Å². The van der Waals surface area contributed by atoms with Gasteiger partial charge in [0, 0.05) is 39.6 Å². The van der Waals surface area contributed by atoms with Crippen LogP contribution in [-0.4, -0.2) is 17.0 Å². The van der Waals surface area contributed by atoms with Crippen LogP contribution in [0.5, 0.6) is 0 Å². The number of hydrogen-bond acceptors (Lipinski definition) is 4. The van der Waals surface area contributed by atoms with Crippen LogP contribution in [-0.2, 0) is 16.2 Å². The number of benzene rings is 2. The fourth-order valence-corrected chi connectivity index (χ4v) is 3.84. The van der Waals surface area contributed by atoms with Gasteiger partial charge >= 0.3 is 0 Å². The van der Waals surface area contributed by atoms with Crippen molar-refractivity contribution in [3.8, 4) is 0 Å². The number of anilines is 3. The minimum absolute atomic E-state index is 0.0509. The Hall–Kier alpha value is -2.01. The Bertz CT molecular complexity index is 799. The van der Waals surface area contributed by atoms with Crippen molar-refractivity contribution < 1.29 is 4.21 Å². The van der Waals surface area contributed by atoms with Crippen molar-refractivity contribution >= 4 is 27.9 Å². The Kier molecular flexibility index (Phi) is 3.17. The molecule has 2 unspecified atom stereocenters. The molecule has 0 bridgehead atoms. The van der Waals surface area contributed by atoms with Crippen molar-refractivity contribution in [3.63, 3.8) is 0 Å². The lowest BCUT2D eigenvalue weighted by Gasteiger charge is -2.17. The van der Waals surface area contributed by atoms with Gasteiger partial charge in [0.05, 0.1) is 11.4 Å². The first-order valence-electron chi connectivity index (χ1n) is 7.83. The topological polar surface area (TPSA) is 53.2 Å². The normalized spacial score (nSPS) is 21.6. The number of rotatable bonds is 2. The van der Waals surface area contributed by atoms with Crippen LogP contribution in [0.3, 0.4) is 0 Å². The Morgan fingerprint density at radius 2 is 1.70 bits per heavy atom. The standard InChI is InChI=1S/C18H21N3OS/c1-18(2)10-19-14-9-16-15(8-13(14)18)20-17(21-16)11-4-6-12(7-5-11)23(3)22/h4-9,17,19-21H,10H2,1-3H3. The predicted octanol–water partition coefficient (Wildman–Crippen LogP) is 3.66. The maximum Gasteiger partial charge on any atom is 0.123 e. The molecule has 2 aliphatic rings. The summed E-state index contributed by atoms with van der Waals surface area (Å²) < 4.78 is 11.5. The van der Waals surface area contributed by atoms with Gasteiger partial charge in [0.15, 0.2) is 0 Å². The van der Waals surface area contributed by atoms with E-state index in [-0.39, 0.29) is 11.6 Å². The van der Waals surface area contributed by atoms with Crippen LogP contribution in [0.25, 0.3) is 0 Å². The van der Waals surface area contributed by atoms with Gasteiger partial charge < -0.3 is 16.0 Å². The van der Waals surface area contributed by atoms with Gasteiger partial charge in [0.1, 0.15) is 6.17 Å². The summed E-state index contributed by atoms with van der Waals surface area (Å²) in [7, 11) is -0.936. The van der Waals surface area contributed by atoms with Crippen LogP contribution >= 0.6 is 0 Å². The summed E-state index contributed by atoms with van der Waals surface area (Å²) >= 11 is 0. The van der Waals surface area contributed by atoms with E-state index in [1.165, 1.54) is 11.3 Å². The van der Waals surface area contributed by atoms with Crippen molar-refractivity contribution in [3.05, 3.63) is 47.5 Å². The van der Waals surface area contributed by atoms with Crippen LogP contribution in [0.4, 0.5) is 17.1 Å². The third-order valence-electron chi connectivity index (χ3n) is 4.75. The third-order valence-corrected chi connectivity index (χ3v) is 5.69. The molecule has 2 aromatic rings. The van der Waals surface area contributed by atoms with E-state index in [9.17, 15) is 4.21 Å². The Balaban J connectivity index is 1.62. The Morgan fingerprint density at radius 3 is 2.35 bits per heavy atom. The van der Waals surface area contributed by atoms with E-state index in [0.717, 1.165) is 28.4 Å². The Morgan fingerprint density at radius 1 is 1.04 bits per heavy atom. The molecule has 0 radical (unpaired) electrons. The molecule has 0 saturated carbocycles. The smallest absolute Gasteiger partial charge is 0.123 e. The predicted molar refractivity (Wildman–Crippen MR) is 96.7 cm³/mol. The van der Waals surface area contributed by atoms with Gasteiger partial charge in [-0.2, -0.15) is 0 Å². The number of hydrogen-bond donors (Lipinski definition) is 3. The number of nitrogens with one attached hydrogen (secondary N) is 3. The monoisotopic (exact) mass is 327 g/mol. The average molecular weight is 327 g/mol. The van der Waals surface area contributed by atoms with Gasteiger partial charge in [-0.15, -0.1) is 0 Å². The molecule has 4 rings (SSSR count). The second kappa shape index (κ2) is 4.99. The lowest BCUT2D eigenvalue weighted by Crippen LogP contribution is -2.19. The maximum absolute atomic E-state index is 11.5. The highest BCUT2D eigenvalue weighted by atomic mass is 32.2. The zero-order valence-electron chi connectivity index (χ0n) is 13.6. The fourth-order valence-electron chi connectivity index (χ4n) is 3.32. The molecule has 2 aromatic carbocycles. The molecule has 2 aliphatic heterocycles. The molecule has 23 heavy (non-hydrogen) atoms. The second-order valence-electron chi connectivity index (χ2n) is 6.93. The zero-order valence-corrected chi connectivity index (χ0v) is 14.4. The maximum atomic E-state index is 11.5. The second-order valence-corrected chi connectivity index (χ2v) is 8.31. The minimum Gasteiger partial charge on any atom is -0.384 e. The van der Waals surface area contributed by atoms with Crippen molar-refractivity contribution in [1.82, 2.24) is 0 Å². The summed E-state index contributed by atoms with van der Waals surface area (Å²) in [5, 5.41) is 10.6. The molecule has 0 amide bonds. The molecule has 0 aliphatic carbocycles. The zero-order chi connectivity index (χ0) is 16.2. The molecule has 3 N–H and O–H groups in total. The molecular weight excluding hydrogens is 306 g/mol. The third kappa shape index (κ3) is 2.39. The fraction of sp³-hybridized carbons (Fsp3) is 0.333. The van der Waals surface area contributed by atoms with E-state index >= 15 is 0 Å². The van der Waals surface area contributed by atoms with E-state index in [1.807, 2.05) is 24.3 Å². The van der Waals surface area contributed by atoms with Crippen LogP contribution < -0.4 is 16.0 Å². The highest BCUT2D eigenvalue weighted by molar-refractivity contribution is 7.84. The average Bonchev–Trinajstić information content (AvgIpc) is 3.06. The van der Waals surface area contributed by atoms with Gasteiger partial charge in [-0.3, -0.25) is 4.21 Å². The van der Waals surface area contributed by atoms with Crippen LogP contribution in [0, 0.1) is 0 Å². The summed E-state index contributed by atoms with van der Waals surface area (Å²) in [5.74, 6) is 0. The van der Waals surface area contributed by atoms with Gasteiger partial charge in [-0.25, -0.2) is 0 Å². The molecule has 2 heterocycles. The van der Waals surface area contributed by atoms with Crippen molar-refractivity contribution in [2.45, 2.75) is 30.3 Å². The van der Waals surface area contributed by atoms with Crippen LogP contribution in [0.1, 0.15) is 31.1 Å². The molecule has 0 spiro atoms. The van der Waals surface area contributed by atoms with E-state index in [4.69, 9.17) is 0 Å². The lowest BCUT2D eigenvalue weighted by molar-refractivity contribution is 0.586. The van der Waals surface area contributed by atoms with Gasteiger partial charge in [0.25, 0.3) is 0 Å². The number of fused-ring (bicyclic) bond motifs is 2. The summed E-state index contributed by atoms with van der Waals surface area (Å²) in [6.45, 7) is 5.51. The first-order valence-corrected chi connectivity index (χ1v) is 9.39. The molecule has 0 fully saturated rings. The lowest BCUT2D eigenvalue weighted by atomic mass is 9.86. The van der Waals surface area contributed by atoms with E-state index < -0.39 is 10.8 Å². The van der Waals surface area contributed by atoms with E-state index in [2.05, 4.69) is 41.9 Å².